The van der Waals surface area contributed by atoms with Crippen molar-refractivity contribution in [1.29, 1.82) is 0 Å². The number of aliphatic imine (C=N–C) groups is 1. The van der Waals surface area contributed by atoms with Gasteiger partial charge in [-0.05, 0) is 17.5 Å². The summed E-state index contributed by atoms with van der Waals surface area (Å²) in [5, 5.41) is 2.39. The molecule has 0 aromatic heterocycles. The normalized spacial score (nSPS) is 11.2. The van der Waals surface area contributed by atoms with E-state index in [-0.39, 0.29) is 0 Å². The summed E-state index contributed by atoms with van der Waals surface area (Å²) >= 11 is 3.53. The molecule has 0 unspecified atom stereocenters. The fourth-order valence-electron chi connectivity index (χ4n) is 2.04. The molecule has 3 aromatic rings. The second-order valence-electron chi connectivity index (χ2n) is 4.28. The molecule has 3 rings (SSSR count). The van der Waals surface area contributed by atoms with E-state index in [0.29, 0.717) is 0 Å². The van der Waals surface area contributed by atoms with E-state index in [1.165, 1.54) is 10.8 Å². The molecule has 2 heteroatoms. The Bertz CT molecular complexity index is 742. The van der Waals surface area contributed by atoms with Gasteiger partial charge in [0.2, 0.25) is 0 Å². The summed E-state index contributed by atoms with van der Waals surface area (Å²) in [6.45, 7) is 0. The quantitative estimate of drug-likeness (QED) is 0.566. The lowest BCUT2D eigenvalue weighted by atomic mass is 10.1. The van der Waals surface area contributed by atoms with Crippen molar-refractivity contribution in [2.75, 3.05) is 0 Å². The Hall–Kier alpha value is -1.93. The molecular weight excluding hydrogens is 298 g/mol. The molecule has 0 spiro atoms. The summed E-state index contributed by atoms with van der Waals surface area (Å²) in [6.07, 6.45) is 1.89. The zero-order valence-corrected chi connectivity index (χ0v) is 11.8. The third kappa shape index (κ3) is 2.59. The average molecular weight is 310 g/mol. The van der Waals surface area contributed by atoms with Crippen LogP contribution in [0.4, 0.5) is 5.69 Å². The van der Waals surface area contributed by atoms with Crippen molar-refractivity contribution in [1.82, 2.24) is 0 Å². The number of hydrogen-bond donors (Lipinski definition) is 0. The summed E-state index contributed by atoms with van der Waals surface area (Å²) < 4.78 is 1.05. The molecule has 0 fully saturated rings. The van der Waals surface area contributed by atoms with E-state index < -0.39 is 0 Å². The molecule has 3 aromatic carbocycles. The molecule has 0 atom stereocenters. The summed E-state index contributed by atoms with van der Waals surface area (Å²) in [7, 11) is 0. The molecule has 0 bridgehead atoms. The van der Waals surface area contributed by atoms with Crippen LogP contribution < -0.4 is 0 Å². The molecule has 0 amide bonds. The first-order valence-electron chi connectivity index (χ1n) is 6.11. The zero-order chi connectivity index (χ0) is 13.1. The minimum absolute atomic E-state index is 0.994. The van der Waals surface area contributed by atoms with Crippen molar-refractivity contribution in [2.24, 2.45) is 4.99 Å². The first kappa shape index (κ1) is 12.1. The standard InChI is InChI=1S/C17H12BrN/c18-16-10-4-2-7-14(16)12-19-17-11-5-8-13-6-1-3-9-15(13)17/h1-12H/b19-12+. The summed E-state index contributed by atoms with van der Waals surface area (Å²) in [5.41, 5.74) is 2.07. The maximum atomic E-state index is 4.61. The van der Waals surface area contributed by atoms with E-state index in [1.54, 1.807) is 0 Å². The third-order valence-corrected chi connectivity index (χ3v) is 3.74. The van der Waals surface area contributed by atoms with Crippen molar-refractivity contribution in [2.45, 2.75) is 0 Å². The van der Waals surface area contributed by atoms with Crippen LogP contribution in [0.1, 0.15) is 5.56 Å². The van der Waals surface area contributed by atoms with Crippen LogP contribution in [0.3, 0.4) is 0 Å². The smallest absolute Gasteiger partial charge is 0.0708 e. The van der Waals surface area contributed by atoms with Crippen LogP contribution in [0.15, 0.2) is 76.2 Å². The van der Waals surface area contributed by atoms with Gasteiger partial charge in [0.25, 0.3) is 0 Å². The summed E-state index contributed by atoms with van der Waals surface area (Å²) in [6, 6.07) is 22.5. The molecule has 1 nitrogen and oxygen atoms in total. The molecule has 0 aliphatic carbocycles. The third-order valence-electron chi connectivity index (χ3n) is 3.01. The Labute approximate surface area is 120 Å². The van der Waals surface area contributed by atoms with Gasteiger partial charge in [-0.15, -0.1) is 0 Å². The van der Waals surface area contributed by atoms with Crippen molar-refractivity contribution in [3.63, 3.8) is 0 Å². The Morgan fingerprint density at radius 1 is 0.789 bits per heavy atom. The molecule has 0 saturated heterocycles. The molecule has 0 radical (unpaired) electrons. The maximum absolute atomic E-state index is 4.61. The number of nitrogens with zero attached hydrogens (tertiary/aromatic N) is 1. The summed E-state index contributed by atoms with van der Waals surface area (Å²) in [4.78, 5) is 4.61. The van der Waals surface area contributed by atoms with Crippen LogP contribution in [0.25, 0.3) is 10.8 Å². The van der Waals surface area contributed by atoms with Crippen LogP contribution in [0, 0.1) is 0 Å². The van der Waals surface area contributed by atoms with Crippen LogP contribution in [-0.2, 0) is 0 Å². The van der Waals surface area contributed by atoms with Gasteiger partial charge in [-0.1, -0.05) is 70.5 Å². The van der Waals surface area contributed by atoms with Crippen LogP contribution in [0.5, 0.6) is 0 Å². The first-order chi connectivity index (χ1) is 9.34. The first-order valence-corrected chi connectivity index (χ1v) is 6.90. The van der Waals surface area contributed by atoms with Crippen LogP contribution in [0.2, 0.25) is 0 Å². The van der Waals surface area contributed by atoms with Gasteiger partial charge < -0.3 is 0 Å². The van der Waals surface area contributed by atoms with Crippen molar-refractivity contribution >= 4 is 38.6 Å². The van der Waals surface area contributed by atoms with E-state index in [4.69, 9.17) is 0 Å². The van der Waals surface area contributed by atoms with Crippen molar-refractivity contribution < 1.29 is 0 Å². The second-order valence-corrected chi connectivity index (χ2v) is 5.13. The summed E-state index contributed by atoms with van der Waals surface area (Å²) in [5.74, 6) is 0. The minimum Gasteiger partial charge on any atom is -0.256 e. The monoisotopic (exact) mass is 309 g/mol. The Morgan fingerprint density at radius 3 is 2.42 bits per heavy atom. The minimum atomic E-state index is 0.994. The van der Waals surface area contributed by atoms with Crippen LogP contribution >= 0.6 is 15.9 Å². The fourth-order valence-corrected chi connectivity index (χ4v) is 2.43. The highest BCUT2D eigenvalue weighted by molar-refractivity contribution is 9.10. The van der Waals surface area contributed by atoms with Gasteiger partial charge in [0.1, 0.15) is 0 Å². The lowest BCUT2D eigenvalue weighted by Crippen LogP contribution is -1.82. The van der Waals surface area contributed by atoms with E-state index in [9.17, 15) is 0 Å². The Kier molecular flexibility index (Phi) is 3.43. The molecule has 92 valence electrons. The van der Waals surface area contributed by atoms with Crippen LogP contribution in [-0.4, -0.2) is 6.21 Å². The highest BCUT2D eigenvalue weighted by atomic mass is 79.9. The molecule has 0 aliphatic rings. The second kappa shape index (κ2) is 5.37. The lowest BCUT2D eigenvalue weighted by molar-refractivity contribution is 1.54. The molecule has 0 saturated carbocycles. The number of fused-ring (bicyclic) bond motifs is 1. The molecule has 0 heterocycles. The van der Waals surface area contributed by atoms with Gasteiger partial charge >= 0.3 is 0 Å². The van der Waals surface area contributed by atoms with E-state index in [2.05, 4.69) is 39.1 Å². The molecule has 19 heavy (non-hydrogen) atoms. The SMILES string of the molecule is Brc1ccccc1/C=N/c1cccc2ccccc12. The number of benzene rings is 3. The number of rotatable bonds is 2. The van der Waals surface area contributed by atoms with Gasteiger partial charge in [-0.25, -0.2) is 0 Å². The van der Waals surface area contributed by atoms with Gasteiger partial charge in [0.15, 0.2) is 0 Å². The van der Waals surface area contributed by atoms with Crippen molar-refractivity contribution in [3.05, 3.63) is 76.8 Å². The number of hydrogen-bond acceptors (Lipinski definition) is 1. The topological polar surface area (TPSA) is 12.4 Å². The molecule has 0 N–H and O–H groups in total. The highest BCUT2D eigenvalue weighted by Gasteiger charge is 1.98. The van der Waals surface area contributed by atoms with Gasteiger partial charge in [-0.2, -0.15) is 0 Å². The molecule has 0 aliphatic heterocycles. The highest BCUT2D eigenvalue weighted by Crippen LogP contribution is 2.25. The van der Waals surface area contributed by atoms with E-state index >= 15 is 0 Å². The lowest BCUT2D eigenvalue weighted by Gasteiger charge is -2.01. The fraction of sp³-hybridized carbons (Fsp3) is 0. The average Bonchev–Trinajstić information content (AvgIpc) is 2.46. The van der Waals surface area contributed by atoms with Gasteiger partial charge in [-0.3, -0.25) is 4.99 Å². The van der Waals surface area contributed by atoms with E-state index in [1.807, 2.05) is 54.7 Å². The zero-order valence-electron chi connectivity index (χ0n) is 10.3. The van der Waals surface area contributed by atoms with Crippen molar-refractivity contribution in [3.8, 4) is 0 Å². The predicted molar refractivity (Wildman–Crippen MR) is 85.3 cm³/mol. The largest absolute Gasteiger partial charge is 0.256 e. The number of halogens is 1. The van der Waals surface area contributed by atoms with E-state index in [0.717, 1.165) is 15.7 Å². The molecular formula is C17H12BrN. The van der Waals surface area contributed by atoms with Gasteiger partial charge in [0, 0.05) is 21.6 Å². The maximum Gasteiger partial charge on any atom is 0.0708 e. The predicted octanol–water partition coefficient (Wildman–Crippen LogP) is 5.35. The Morgan fingerprint density at radius 2 is 1.53 bits per heavy atom. The Balaban J connectivity index is 2.04. The van der Waals surface area contributed by atoms with Gasteiger partial charge in [0.05, 0.1) is 5.69 Å².